The third kappa shape index (κ3) is 3.22. The van der Waals surface area contributed by atoms with Crippen LogP contribution in [0.15, 0.2) is 59.9 Å². The molecule has 1 aliphatic rings. The summed E-state index contributed by atoms with van der Waals surface area (Å²) in [6.45, 7) is 5.21. The zero-order valence-electron chi connectivity index (χ0n) is 16.3. The number of nitrogens with zero attached hydrogens (tertiary/aromatic N) is 1. The van der Waals surface area contributed by atoms with Crippen LogP contribution in [0, 0.1) is 5.41 Å². The molecule has 6 heteroatoms. The molecular formula is C22H23NO5. The van der Waals surface area contributed by atoms with Gasteiger partial charge in [0.15, 0.2) is 11.5 Å². The summed E-state index contributed by atoms with van der Waals surface area (Å²) >= 11 is 0. The van der Waals surface area contributed by atoms with E-state index in [9.17, 15) is 19.8 Å². The number of rotatable bonds is 4. The third-order valence-corrected chi connectivity index (χ3v) is 4.69. The first-order valence-corrected chi connectivity index (χ1v) is 8.90. The molecule has 146 valence electrons. The average molecular weight is 381 g/mol. The van der Waals surface area contributed by atoms with E-state index in [4.69, 9.17) is 4.74 Å². The second-order valence-electron chi connectivity index (χ2n) is 7.68. The van der Waals surface area contributed by atoms with Gasteiger partial charge in [-0.15, -0.1) is 0 Å². The number of benzene rings is 2. The van der Waals surface area contributed by atoms with Crippen molar-refractivity contribution in [1.29, 1.82) is 0 Å². The van der Waals surface area contributed by atoms with E-state index in [0.717, 1.165) is 0 Å². The lowest BCUT2D eigenvalue weighted by Gasteiger charge is -2.29. The number of hydrogen-bond donors (Lipinski definition) is 2. The Kier molecular flexibility index (Phi) is 4.89. The molecule has 0 fully saturated rings. The van der Waals surface area contributed by atoms with Gasteiger partial charge in [-0.3, -0.25) is 14.5 Å². The molecule has 0 radical (unpaired) electrons. The summed E-state index contributed by atoms with van der Waals surface area (Å²) in [6, 6.07) is 12.3. The monoisotopic (exact) mass is 381 g/mol. The highest BCUT2D eigenvalue weighted by molar-refractivity contribution is 6.17. The lowest BCUT2D eigenvalue weighted by Crippen LogP contribution is -2.33. The van der Waals surface area contributed by atoms with Crippen LogP contribution in [0.1, 0.15) is 32.4 Å². The number of Topliss-reactive ketones (excluding diaryl/α,β-unsaturated/α-hetero) is 1. The summed E-state index contributed by atoms with van der Waals surface area (Å²) in [6.07, 6.45) is 0. The van der Waals surface area contributed by atoms with Crippen molar-refractivity contribution in [3.05, 3.63) is 65.4 Å². The highest BCUT2D eigenvalue weighted by atomic mass is 16.5. The Morgan fingerprint density at radius 3 is 2.21 bits per heavy atom. The first kappa shape index (κ1) is 19.5. The molecule has 3 rings (SSSR count). The first-order valence-electron chi connectivity index (χ1n) is 8.90. The summed E-state index contributed by atoms with van der Waals surface area (Å²) in [4.78, 5) is 27.5. The Hall–Kier alpha value is -3.28. The predicted molar refractivity (Wildman–Crippen MR) is 105 cm³/mol. The van der Waals surface area contributed by atoms with Crippen LogP contribution in [0.3, 0.4) is 0 Å². The molecule has 1 aliphatic heterocycles. The normalized spacial score (nSPS) is 17.2. The van der Waals surface area contributed by atoms with Crippen LogP contribution >= 0.6 is 0 Å². The number of phenolic OH excluding ortho intramolecular Hbond substituents is 1. The number of carbonyl (C=O) groups is 2. The molecule has 0 aliphatic carbocycles. The highest BCUT2D eigenvalue weighted by Crippen LogP contribution is 2.45. The van der Waals surface area contributed by atoms with E-state index in [-0.39, 0.29) is 17.1 Å². The minimum atomic E-state index is -0.837. The fourth-order valence-electron chi connectivity index (χ4n) is 3.29. The van der Waals surface area contributed by atoms with Crippen LogP contribution in [0.5, 0.6) is 11.5 Å². The number of phenols is 1. The molecule has 0 spiro atoms. The molecule has 28 heavy (non-hydrogen) atoms. The Labute approximate surface area is 163 Å². The fraction of sp³-hybridized carbons (Fsp3) is 0.273. The van der Waals surface area contributed by atoms with Crippen LogP contribution < -0.4 is 9.64 Å². The molecule has 1 amide bonds. The molecule has 1 atom stereocenters. The van der Waals surface area contributed by atoms with E-state index >= 15 is 0 Å². The Morgan fingerprint density at radius 1 is 1.04 bits per heavy atom. The Morgan fingerprint density at radius 2 is 1.64 bits per heavy atom. The average Bonchev–Trinajstić information content (AvgIpc) is 2.92. The fourth-order valence-corrected chi connectivity index (χ4v) is 3.29. The van der Waals surface area contributed by atoms with Crippen molar-refractivity contribution in [1.82, 2.24) is 0 Å². The topological polar surface area (TPSA) is 87.1 Å². The number of ether oxygens (including phenoxy) is 1. The van der Waals surface area contributed by atoms with Gasteiger partial charge in [-0.25, -0.2) is 0 Å². The van der Waals surface area contributed by atoms with Gasteiger partial charge in [0.05, 0.1) is 24.4 Å². The molecular weight excluding hydrogens is 358 g/mol. The maximum atomic E-state index is 13.1. The van der Waals surface area contributed by atoms with Crippen LogP contribution in [0.25, 0.3) is 0 Å². The number of para-hydroxylation sites is 2. The number of hydrogen-bond acceptors (Lipinski definition) is 5. The SMILES string of the molecule is COc1ccccc1N1C(=O)C(O)=C(C(=O)C(C)(C)C)C1c1ccc(O)cc1. The number of aliphatic hydroxyl groups is 1. The summed E-state index contributed by atoms with van der Waals surface area (Å²) in [7, 11) is 1.49. The summed E-state index contributed by atoms with van der Waals surface area (Å²) in [5, 5.41) is 20.3. The number of ketones is 1. The number of carbonyl (C=O) groups excluding carboxylic acids is 2. The lowest BCUT2D eigenvalue weighted by molar-refractivity contribution is -0.123. The number of aromatic hydroxyl groups is 1. The predicted octanol–water partition coefficient (Wildman–Crippen LogP) is 3.92. The maximum Gasteiger partial charge on any atom is 0.294 e. The van der Waals surface area contributed by atoms with E-state index in [1.54, 1.807) is 57.2 Å². The van der Waals surface area contributed by atoms with Gasteiger partial charge in [0, 0.05) is 5.41 Å². The molecule has 2 aromatic rings. The van der Waals surface area contributed by atoms with Gasteiger partial charge in [-0.05, 0) is 29.8 Å². The van der Waals surface area contributed by atoms with E-state index < -0.39 is 23.1 Å². The molecule has 0 saturated heterocycles. The van der Waals surface area contributed by atoms with Gasteiger partial charge >= 0.3 is 0 Å². The number of anilines is 1. The zero-order chi connectivity index (χ0) is 20.6. The maximum absolute atomic E-state index is 13.1. The van der Waals surface area contributed by atoms with Gasteiger partial charge in [0.25, 0.3) is 5.91 Å². The summed E-state index contributed by atoms with van der Waals surface area (Å²) in [5.41, 5.74) is 0.273. The minimum Gasteiger partial charge on any atom is -0.508 e. The molecule has 0 aromatic heterocycles. The van der Waals surface area contributed by atoms with Crippen molar-refractivity contribution in [3.63, 3.8) is 0 Å². The van der Waals surface area contributed by atoms with E-state index in [2.05, 4.69) is 0 Å². The van der Waals surface area contributed by atoms with Gasteiger partial charge in [-0.2, -0.15) is 0 Å². The van der Waals surface area contributed by atoms with Crippen LogP contribution in [-0.4, -0.2) is 29.0 Å². The van der Waals surface area contributed by atoms with Crippen molar-refractivity contribution in [2.24, 2.45) is 5.41 Å². The third-order valence-electron chi connectivity index (χ3n) is 4.69. The van der Waals surface area contributed by atoms with Crippen molar-refractivity contribution < 1.29 is 24.5 Å². The molecule has 1 heterocycles. The van der Waals surface area contributed by atoms with Crippen molar-refractivity contribution in [3.8, 4) is 11.5 Å². The second kappa shape index (κ2) is 7.03. The Balaban J connectivity index is 2.24. The summed E-state index contributed by atoms with van der Waals surface area (Å²) < 4.78 is 5.39. The lowest BCUT2D eigenvalue weighted by atomic mass is 9.82. The van der Waals surface area contributed by atoms with Crippen LogP contribution in [0.2, 0.25) is 0 Å². The van der Waals surface area contributed by atoms with Crippen molar-refractivity contribution >= 4 is 17.4 Å². The quantitative estimate of drug-likeness (QED) is 0.838. The van der Waals surface area contributed by atoms with Crippen molar-refractivity contribution in [2.75, 3.05) is 12.0 Å². The molecule has 0 bridgehead atoms. The second-order valence-corrected chi connectivity index (χ2v) is 7.68. The van der Waals surface area contributed by atoms with Crippen LogP contribution in [-0.2, 0) is 9.59 Å². The first-order chi connectivity index (χ1) is 13.2. The Bertz CT molecular complexity index is 954. The minimum absolute atomic E-state index is 0.0362. The van der Waals surface area contributed by atoms with Gasteiger partial charge in [-0.1, -0.05) is 45.0 Å². The standard InChI is InChI=1S/C22H23NO5/c1-22(2,3)20(26)17-18(13-9-11-14(24)12-10-13)23(21(27)19(17)25)15-7-5-6-8-16(15)28-4/h5-12,18,24-25H,1-4H3. The molecule has 2 N–H and O–H groups in total. The van der Waals surface area contributed by atoms with Gasteiger partial charge in [0.2, 0.25) is 0 Å². The number of amides is 1. The number of methoxy groups -OCH3 is 1. The zero-order valence-corrected chi connectivity index (χ0v) is 16.3. The molecule has 2 aromatic carbocycles. The van der Waals surface area contributed by atoms with Crippen molar-refractivity contribution in [2.45, 2.75) is 26.8 Å². The smallest absolute Gasteiger partial charge is 0.294 e. The largest absolute Gasteiger partial charge is 0.508 e. The van der Waals surface area contributed by atoms with E-state index in [1.807, 2.05) is 0 Å². The van der Waals surface area contributed by atoms with Gasteiger partial charge < -0.3 is 14.9 Å². The molecule has 6 nitrogen and oxygen atoms in total. The van der Waals surface area contributed by atoms with Gasteiger partial charge in [0.1, 0.15) is 11.5 Å². The van der Waals surface area contributed by atoms with E-state index in [1.165, 1.54) is 24.1 Å². The van der Waals surface area contributed by atoms with Crippen LogP contribution in [0.4, 0.5) is 5.69 Å². The molecule has 0 saturated carbocycles. The number of aliphatic hydroxyl groups excluding tert-OH is 1. The highest BCUT2D eigenvalue weighted by Gasteiger charge is 2.47. The molecule has 1 unspecified atom stereocenters. The summed E-state index contributed by atoms with van der Waals surface area (Å²) in [5.74, 6) is -1.06. The van der Waals surface area contributed by atoms with E-state index in [0.29, 0.717) is 17.0 Å².